The minimum absolute atomic E-state index is 0.00342. The molecule has 3 fully saturated rings. The van der Waals surface area contributed by atoms with Crippen LogP contribution < -0.4 is 19.9 Å². The molecule has 7 rings (SSSR count). The SMILES string of the molecule is N#CC1(NC(=O)c2cnc(N3CC4(CCOCC4)c4cc(OC5CCN(c6ncccn6)CC5)ccc43)nc2C(F)(F)F)CCCCC1. The van der Waals surface area contributed by atoms with Gasteiger partial charge in [0.25, 0.3) is 5.91 Å². The number of nitrogens with one attached hydrogen (secondary N) is 1. The predicted molar refractivity (Wildman–Crippen MR) is 169 cm³/mol. The molecule has 2 aromatic heterocycles. The van der Waals surface area contributed by atoms with E-state index in [-0.39, 0.29) is 17.5 Å². The van der Waals surface area contributed by atoms with Crippen molar-refractivity contribution in [2.75, 3.05) is 42.6 Å². The van der Waals surface area contributed by atoms with Gasteiger partial charge in [0.05, 0.1) is 11.6 Å². The molecule has 1 N–H and O–H groups in total. The van der Waals surface area contributed by atoms with Gasteiger partial charge in [-0.15, -0.1) is 0 Å². The maximum Gasteiger partial charge on any atom is 0.434 e. The first-order valence-corrected chi connectivity index (χ1v) is 16.6. The maximum absolute atomic E-state index is 14.5. The number of ether oxygens (including phenoxy) is 2. The molecule has 14 heteroatoms. The lowest BCUT2D eigenvalue weighted by atomic mass is 9.76. The number of amides is 1. The van der Waals surface area contributed by atoms with E-state index in [1.54, 1.807) is 23.4 Å². The average molecular weight is 663 g/mol. The third-order valence-corrected chi connectivity index (χ3v) is 10.1. The quantitative estimate of drug-likeness (QED) is 0.362. The zero-order valence-electron chi connectivity index (χ0n) is 26.5. The number of hydrogen-bond donors (Lipinski definition) is 1. The predicted octanol–water partition coefficient (Wildman–Crippen LogP) is 5.49. The van der Waals surface area contributed by atoms with Crippen LogP contribution in [-0.2, 0) is 16.3 Å². The van der Waals surface area contributed by atoms with E-state index in [2.05, 4.69) is 36.2 Å². The Labute approximate surface area is 276 Å². The monoisotopic (exact) mass is 662 g/mol. The Kier molecular flexibility index (Phi) is 8.57. The molecule has 3 aromatic rings. The third-order valence-electron chi connectivity index (χ3n) is 10.1. The van der Waals surface area contributed by atoms with Gasteiger partial charge in [-0.05, 0) is 55.5 Å². The number of nitriles is 1. The van der Waals surface area contributed by atoms with Gasteiger partial charge in [-0.3, -0.25) is 4.79 Å². The lowest BCUT2D eigenvalue weighted by Crippen LogP contribution is -2.49. The number of rotatable bonds is 6. The van der Waals surface area contributed by atoms with E-state index in [1.807, 2.05) is 18.2 Å². The number of carbonyl (C=O) groups is 1. The van der Waals surface area contributed by atoms with Crippen LogP contribution >= 0.6 is 0 Å². The van der Waals surface area contributed by atoms with Gasteiger partial charge in [-0.25, -0.2) is 19.9 Å². The molecule has 11 nitrogen and oxygen atoms in total. The first-order valence-electron chi connectivity index (χ1n) is 16.6. The molecule has 1 amide bonds. The molecule has 0 unspecified atom stereocenters. The van der Waals surface area contributed by atoms with Gasteiger partial charge < -0.3 is 24.6 Å². The van der Waals surface area contributed by atoms with Crippen LogP contribution in [0.2, 0.25) is 0 Å². The van der Waals surface area contributed by atoms with Crippen LogP contribution in [-0.4, -0.2) is 70.3 Å². The highest BCUT2D eigenvalue weighted by Gasteiger charge is 2.47. The highest BCUT2D eigenvalue weighted by molar-refractivity contribution is 5.96. The molecule has 48 heavy (non-hydrogen) atoms. The van der Waals surface area contributed by atoms with Crippen LogP contribution in [0.4, 0.5) is 30.8 Å². The molecular weight excluding hydrogens is 625 g/mol. The van der Waals surface area contributed by atoms with Gasteiger partial charge in [-0.1, -0.05) is 19.3 Å². The van der Waals surface area contributed by atoms with Crippen LogP contribution in [0.5, 0.6) is 5.75 Å². The normalized spacial score (nSPS) is 20.6. The summed E-state index contributed by atoms with van der Waals surface area (Å²) in [7, 11) is 0. The standard InChI is InChI=1S/C34H37F3N8O3/c35-34(36,37)28-25(29(46)43-33(21-38)9-2-1-3-10-33)20-41-31(42-28)45-22-32(11-17-47-18-12-32)26-19-24(5-6-27(26)45)48-23-7-15-44(16-8-23)30-39-13-4-14-40-30/h4-6,13-14,19-20,23H,1-3,7-12,15-18,22H2,(H,43,46). The van der Waals surface area contributed by atoms with Crippen molar-refractivity contribution in [2.24, 2.45) is 0 Å². The fraction of sp³-hybridized carbons (Fsp3) is 0.529. The van der Waals surface area contributed by atoms with Crippen molar-refractivity contribution < 1.29 is 27.4 Å². The van der Waals surface area contributed by atoms with Gasteiger partial charge in [0.2, 0.25) is 11.9 Å². The highest BCUT2D eigenvalue weighted by Crippen LogP contribution is 2.50. The summed E-state index contributed by atoms with van der Waals surface area (Å²) in [6, 6.07) is 9.62. The van der Waals surface area contributed by atoms with Crippen LogP contribution in [0, 0.1) is 11.3 Å². The van der Waals surface area contributed by atoms with E-state index in [1.165, 1.54) is 0 Å². The van der Waals surface area contributed by atoms with Crippen LogP contribution in [0.15, 0.2) is 42.9 Å². The molecule has 1 aromatic carbocycles. The van der Waals surface area contributed by atoms with E-state index in [0.29, 0.717) is 75.7 Å². The van der Waals surface area contributed by atoms with Gasteiger partial charge >= 0.3 is 6.18 Å². The van der Waals surface area contributed by atoms with Crippen molar-refractivity contribution in [3.05, 3.63) is 59.7 Å². The molecule has 3 aliphatic heterocycles. The second-order valence-corrected chi connectivity index (χ2v) is 13.1. The fourth-order valence-electron chi connectivity index (χ4n) is 7.50. The number of alkyl halides is 3. The number of nitrogens with zero attached hydrogens (tertiary/aromatic N) is 7. The Balaban J connectivity index is 1.15. The zero-order valence-corrected chi connectivity index (χ0v) is 26.5. The second-order valence-electron chi connectivity index (χ2n) is 13.1. The Morgan fingerprint density at radius 3 is 2.44 bits per heavy atom. The smallest absolute Gasteiger partial charge is 0.434 e. The molecule has 1 spiro atoms. The molecule has 252 valence electrons. The Bertz CT molecular complexity index is 1680. The van der Waals surface area contributed by atoms with Crippen molar-refractivity contribution in [3.63, 3.8) is 0 Å². The first kappa shape index (κ1) is 32.1. The molecule has 1 aliphatic carbocycles. The molecule has 1 saturated carbocycles. The van der Waals surface area contributed by atoms with Crippen LogP contribution in [0.3, 0.4) is 0 Å². The zero-order chi connectivity index (χ0) is 33.4. The topological polar surface area (TPSA) is 129 Å². The van der Waals surface area contributed by atoms with Crippen molar-refractivity contribution in [1.29, 1.82) is 5.26 Å². The van der Waals surface area contributed by atoms with E-state index in [0.717, 1.165) is 44.1 Å². The van der Waals surface area contributed by atoms with Crippen molar-refractivity contribution in [2.45, 2.75) is 81.0 Å². The Morgan fingerprint density at radius 1 is 1.02 bits per heavy atom. The average Bonchev–Trinajstić information content (AvgIpc) is 3.41. The second kappa shape index (κ2) is 12.8. The number of carbonyl (C=O) groups excluding carboxylic acids is 1. The van der Waals surface area contributed by atoms with E-state index >= 15 is 0 Å². The number of halogens is 3. The van der Waals surface area contributed by atoms with Gasteiger partial charge in [0.1, 0.15) is 17.4 Å². The van der Waals surface area contributed by atoms with E-state index in [9.17, 15) is 23.2 Å². The molecule has 0 radical (unpaired) electrons. The third kappa shape index (κ3) is 6.23. The molecule has 5 heterocycles. The fourth-order valence-corrected chi connectivity index (χ4v) is 7.50. The lowest BCUT2D eigenvalue weighted by Gasteiger charge is -2.34. The summed E-state index contributed by atoms with van der Waals surface area (Å²) < 4.78 is 55.6. The summed E-state index contributed by atoms with van der Waals surface area (Å²) in [6.07, 6.45) is 5.54. The lowest BCUT2D eigenvalue weighted by molar-refractivity contribution is -0.141. The number of aromatic nitrogens is 4. The van der Waals surface area contributed by atoms with Gasteiger partial charge in [0, 0.05) is 75.4 Å². The number of fused-ring (bicyclic) bond motifs is 2. The highest BCUT2D eigenvalue weighted by atomic mass is 19.4. The first-order chi connectivity index (χ1) is 23.2. The number of benzene rings is 1. The summed E-state index contributed by atoms with van der Waals surface area (Å²) in [4.78, 5) is 34.1. The number of hydrogen-bond acceptors (Lipinski definition) is 10. The largest absolute Gasteiger partial charge is 0.490 e. The maximum atomic E-state index is 14.5. The molecule has 4 aliphatic rings. The van der Waals surface area contributed by atoms with Crippen LogP contribution in [0.1, 0.15) is 79.4 Å². The molecular formula is C34H37F3N8O3. The van der Waals surface area contributed by atoms with Crippen molar-refractivity contribution in [3.8, 4) is 11.8 Å². The number of piperidine rings is 1. The molecule has 0 atom stereocenters. The van der Waals surface area contributed by atoms with E-state index < -0.39 is 28.9 Å². The summed E-state index contributed by atoms with van der Waals surface area (Å²) in [5.41, 5.74) is -1.94. The summed E-state index contributed by atoms with van der Waals surface area (Å²) in [5.74, 6) is 0.271. The Morgan fingerprint density at radius 2 is 1.75 bits per heavy atom. The van der Waals surface area contributed by atoms with Gasteiger partial charge in [-0.2, -0.15) is 18.4 Å². The minimum atomic E-state index is -4.92. The number of anilines is 3. The van der Waals surface area contributed by atoms with Crippen LogP contribution in [0.25, 0.3) is 0 Å². The Hall–Kier alpha value is -4.51. The summed E-state index contributed by atoms with van der Waals surface area (Å²) >= 11 is 0. The summed E-state index contributed by atoms with van der Waals surface area (Å²) in [6.45, 7) is 2.93. The van der Waals surface area contributed by atoms with Gasteiger partial charge in [0.15, 0.2) is 5.69 Å². The van der Waals surface area contributed by atoms with Crippen molar-refractivity contribution >= 4 is 23.5 Å². The van der Waals surface area contributed by atoms with Crippen molar-refractivity contribution in [1.82, 2.24) is 25.3 Å². The minimum Gasteiger partial charge on any atom is -0.490 e. The molecule has 0 bridgehead atoms. The summed E-state index contributed by atoms with van der Waals surface area (Å²) in [5, 5.41) is 12.4. The van der Waals surface area contributed by atoms with E-state index in [4.69, 9.17) is 9.47 Å². The molecule has 2 saturated heterocycles.